The molecule has 106 valence electrons. The van der Waals surface area contributed by atoms with Gasteiger partial charge in [-0.3, -0.25) is 10.1 Å². The number of carbonyl (C=O) groups excluding carboxylic acids is 1. The Hall–Kier alpha value is -1.75. The summed E-state index contributed by atoms with van der Waals surface area (Å²) >= 11 is 1.45. The fourth-order valence-electron chi connectivity index (χ4n) is 1.91. The molecule has 0 aliphatic carbocycles. The lowest BCUT2D eigenvalue weighted by Gasteiger charge is -2.03. The van der Waals surface area contributed by atoms with Gasteiger partial charge in [0.15, 0.2) is 0 Å². The van der Waals surface area contributed by atoms with E-state index in [1.165, 1.54) is 11.3 Å². The summed E-state index contributed by atoms with van der Waals surface area (Å²) in [5, 5.41) is 12.5. The number of carbonyl (C=O) groups is 1. The van der Waals surface area contributed by atoms with Crippen LogP contribution in [0.4, 0.5) is 5.13 Å². The highest BCUT2D eigenvalue weighted by Crippen LogP contribution is 2.26. The lowest BCUT2D eigenvalue weighted by atomic mass is 10.1. The normalized spacial score (nSPS) is 12.2. The van der Waals surface area contributed by atoms with Crippen molar-refractivity contribution in [3.05, 3.63) is 40.4 Å². The first-order valence-corrected chi connectivity index (χ1v) is 7.63. The zero-order valence-electron chi connectivity index (χ0n) is 12.0. The molecule has 1 N–H and O–H groups in total. The Kier molecular flexibility index (Phi) is 4.84. The second-order valence-corrected chi connectivity index (χ2v) is 5.96. The fourth-order valence-corrected chi connectivity index (χ4v) is 2.74. The SMILES string of the molecule is CCCC(C)c1nnc(NC(=O)c2ccc(C)cc2)s1. The number of hydrogen-bond acceptors (Lipinski definition) is 4. The van der Waals surface area contributed by atoms with E-state index >= 15 is 0 Å². The highest BCUT2D eigenvalue weighted by atomic mass is 32.1. The van der Waals surface area contributed by atoms with Crippen LogP contribution in [0, 0.1) is 6.92 Å². The van der Waals surface area contributed by atoms with Gasteiger partial charge in [0.2, 0.25) is 5.13 Å². The molecule has 5 heteroatoms. The lowest BCUT2D eigenvalue weighted by Crippen LogP contribution is -2.11. The molecule has 0 aliphatic rings. The first-order chi connectivity index (χ1) is 9.60. The van der Waals surface area contributed by atoms with E-state index < -0.39 is 0 Å². The number of nitrogens with zero attached hydrogens (tertiary/aromatic N) is 2. The van der Waals surface area contributed by atoms with Crippen molar-refractivity contribution < 1.29 is 4.79 Å². The van der Waals surface area contributed by atoms with Crippen molar-refractivity contribution in [3.63, 3.8) is 0 Å². The van der Waals surface area contributed by atoms with Gasteiger partial charge < -0.3 is 0 Å². The van der Waals surface area contributed by atoms with Crippen molar-refractivity contribution in [1.82, 2.24) is 10.2 Å². The number of anilines is 1. The topological polar surface area (TPSA) is 54.9 Å². The van der Waals surface area contributed by atoms with Crippen LogP contribution in [0.15, 0.2) is 24.3 Å². The first kappa shape index (κ1) is 14.7. The predicted octanol–water partition coefficient (Wildman–Crippen LogP) is 4.00. The number of nitrogens with one attached hydrogen (secondary N) is 1. The first-order valence-electron chi connectivity index (χ1n) is 6.81. The quantitative estimate of drug-likeness (QED) is 0.905. The van der Waals surface area contributed by atoms with Crippen LogP contribution in [0.5, 0.6) is 0 Å². The molecule has 4 nitrogen and oxygen atoms in total. The van der Waals surface area contributed by atoms with Crippen LogP contribution in [-0.4, -0.2) is 16.1 Å². The van der Waals surface area contributed by atoms with E-state index in [9.17, 15) is 4.79 Å². The van der Waals surface area contributed by atoms with Gasteiger partial charge in [-0.1, -0.05) is 49.3 Å². The van der Waals surface area contributed by atoms with Crippen molar-refractivity contribution in [1.29, 1.82) is 0 Å². The maximum Gasteiger partial charge on any atom is 0.257 e. The number of amides is 1. The Labute approximate surface area is 123 Å². The molecule has 0 fully saturated rings. The summed E-state index contributed by atoms with van der Waals surface area (Å²) in [5.74, 6) is 0.248. The van der Waals surface area contributed by atoms with Gasteiger partial charge in [0, 0.05) is 11.5 Å². The maximum absolute atomic E-state index is 12.1. The molecule has 20 heavy (non-hydrogen) atoms. The third kappa shape index (κ3) is 3.63. The van der Waals surface area contributed by atoms with Crippen LogP contribution in [0.2, 0.25) is 0 Å². The third-order valence-corrected chi connectivity index (χ3v) is 4.19. The molecule has 0 radical (unpaired) electrons. The average molecular weight is 289 g/mol. The zero-order valence-corrected chi connectivity index (χ0v) is 12.8. The van der Waals surface area contributed by atoms with Crippen molar-refractivity contribution in [3.8, 4) is 0 Å². The molecule has 0 saturated carbocycles. The van der Waals surface area contributed by atoms with Crippen LogP contribution < -0.4 is 5.32 Å². The van der Waals surface area contributed by atoms with E-state index in [2.05, 4.69) is 29.4 Å². The number of aryl methyl sites for hydroxylation is 1. The van der Waals surface area contributed by atoms with E-state index in [1.807, 2.05) is 31.2 Å². The van der Waals surface area contributed by atoms with Crippen molar-refractivity contribution in [2.24, 2.45) is 0 Å². The molecule has 1 atom stereocenters. The molecule has 2 rings (SSSR count). The van der Waals surface area contributed by atoms with E-state index in [0.717, 1.165) is 23.4 Å². The summed E-state index contributed by atoms with van der Waals surface area (Å²) < 4.78 is 0. The van der Waals surface area contributed by atoms with Crippen LogP contribution in [0.3, 0.4) is 0 Å². The summed E-state index contributed by atoms with van der Waals surface area (Å²) in [6.45, 7) is 6.28. The van der Waals surface area contributed by atoms with Gasteiger partial charge in [-0.25, -0.2) is 0 Å². The summed E-state index contributed by atoms with van der Waals surface area (Å²) in [7, 11) is 0. The molecule has 0 spiro atoms. The fraction of sp³-hybridized carbons (Fsp3) is 0.400. The minimum atomic E-state index is -0.143. The molecular formula is C15H19N3OS. The highest BCUT2D eigenvalue weighted by molar-refractivity contribution is 7.15. The second-order valence-electron chi connectivity index (χ2n) is 4.96. The molecule has 1 aromatic carbocycles. The predicted molar refractivity (Wildman–Crippen MR) is 82.4 cm³/mol. The molecule has 0 aliphatic heterocycles. The van der Waals surface area contributed by atoms with Crippen LogP contribution in [0.1, 0.15) is 53.5 Å². The second kappa shape index (κ2) is 6.61. The molecule has 1 aromatic heterocycles. The van der Waals surface area contributed by atoms with E-state index in [-0.39, 0.29) is 5.91 Å². The molecule has 1 amide bonds. The standard InChI is InChI=1S/C15H19N3OS/c1-4-5-11(3)14-17-18-15(20-14)16-13(19)12-8-6-10(2)7-9-12/h6-9,11H,4-5H2,1-3H3,(H,16,18,19). The smallest absolute Gasteiger partial charge is 0.257 e. The molecule has 0 bridgehead atoms. The van der Waals surface area contributed by atoms with Crippen LogP contribution >= 0.6 is 11.3 Å². The van der Waals surface area contributed by atoms with Crippen molar-refractivity contribution >= 4 is 22.4 Å². The minimum absolute atomic E-state index is 0.143. The van der Waals surface area contributed by atoms with Gasteiger partial charge in [0.05, 0.1) is 0 Å². The van der Waals surface area contributed by atoms with Crippen LogP contribution in [-0.2, 0) is 0 Å². The van der Waals surface area contributed by atoms with Gasteiger partial charge in [-0.15, -0.1) is 10.2 Å². The lowest BCUT2D eigenvalue weighted by molar-refractivity contribution is 0.102. The average Bonchev–Trinajstić information content (AvgIpc) is 2.88. The van der Waals surface area contributed by atoms with Gasteiger partial charge >= 0.3 is 0 Å². The van der Waals surface area contributed by atoms with Crippen molar-refractivity contribution in [2.45, 2.75) is 39.5 Å². The molecule has 1 unspecified atom stereocenters. The van der Waals surface area contributed by atoms with Crippen molar-refractivity contribution in [2.75, 3.05) is 5.32 Å². The number of benzene rings is 1. The molecule has 1 heterocycles. The molecule has 2 aromatic rings. The summed E-state index contributed by atoms with van der Waals surface area (Å²) in [6, 6.07) is 7.46. The van der Waals surface area contributed by atoms with Crippen LogP contribution in [0.25, 0.3) is 0 Å². The van der Waals surface area contributed by atoms with E-state index in [1.54, 1.807) is 0 Å². The largest absolute Gasteiger partial charge is 0.296 e. The zero-order chi connectivity index (χ0) is 14.5. The highest BCUT2D eigenvalue weighted by Gasteiger charge is 2.13. The molecule has 0 saturated heterocycles. The van der Waals surface area contributed by atoms with E-state index in [0.29, 0.717) is 16.6 Å². The number of rotatable bonds is 5. The van der Waals surface area contributed by atoms with E-state index in [4.69, 9.17) is 0 Å². The number of aromatic nitrogens is 2. The van der Waals surface area contributed by atoms with Gasteiger partial charge in [-0.2, -0.15) is 0 Å². The Morgan fingerprint density at radius 3 is 2.65 bits per heavy atom. The summed E-state index contributed by atoms with van der Waals surface area (Å²) in [6.07, 6.45) is 2.20. The summed E-state index contributed by atoms with van der Waals surface area (Å²) in [4.78, 5) is 12.1. The Morgan fingerprint density at radius 2 is 2.00 bits per heavy atom. The summed E-state index contributed by atoms with van der Waals surface area (Å²) in [5.41, 5.74) is 1.77. The minimum Gasteiger partial charge on any atom is -0.296 e. The van der Waals surface area contributed by atoms with Gasteiger partial charge in [0.1, 0.15) is 5.01 Å². The number of hydrogen-bond donors (Lipinski definition) is 1. The Bertz CT molecular complexity index is 577. The Balaban J connectivity index is 2.03. The monoisotopic (exact) mass is 289 g/mol. The third-order valence-electron chi connectivity index (χ3n) is 3.12. The Morgan fingerprint density at radius 1 is 1.30 bits per heavy atom. The molecular weight excluding hydrogens is 270 g/mol. The van der Waals surface area contributed by atoms with Gasteiger partial charge in [-0.05, 0) is 25.5 Å². The van der Waals surface area contributed by atoms with Gasteiger partial charge in [0.25, 0.3) is 5.91 Å². The maximum atomic E-state index is 12.1.